The molecule has 190 valence electrons. The van der Waals surface area contributed by atoms with Crippen molar-refractivity contribution in [3.8, 4) is 5.75 Å². The van der Waals surface area contributed by atoms with Crippen LogP contribution in [0.1, 0.15) is 47.7 Å². The molecule has 0 aliphatic heterocycles. The molecular weight excluding hydrogens is 468 g/mol. The number of fused-ring (bicyclic) bond motifs is 1. The first-order chi connectivity index (χ1) is 18.0. The average molecular weight is 499 g/mol. The number of nitrogens with one attached hydrogen (secondary N) is 1. The van der Waals surface area contributed by atoms with Gasteiger partial charge in [-0.1, -0.05) is 31.2 Å². The standard InChI is InChI=1S/C28H30N6O3/c1-4-26(27-30-31-32-34(27)16-20-8-11-23(36-3)12-9-20)33(18-24-6-5-13-37-24)17-22-15-21-10-7-19(2)14-25(21)29-28(22)35/h5-15,26H,4,16-18H2,1-3H3,(H,29,35)/t26-/m0/s1. The fourth-order valence-electron chi connectivity index (χ4n) is 4.65. The summed E-state index contributed by atoms with van der Waals surface area (Å²) in [5.41, 5.74) is 3.57. The Morgan fingerprint density at radius 1 is 1.11 bits per heavy atom. The van der Waals surface area contributed by atoms with Crippen LogP contribution in [-0.2, 0) is 19.6 Å². The van der Waals surface area contributed by atoms with E-state index in [-0.39, 0.29) is 11.6 Å². The van der Waals surface area contributed by atoms with Crippen LogP contribution in [0.25, 0.3) is 10.9 Å². The van der Waals surface area contributed by atoms with Crippen molar-refractivity contribution in [2.24, 2.45) is 0 Å². The van der Waals surface area contributed by atoms with Crippen LogP contribution in [0.2, 0.25) is 0 Å². The van der Waals surface area contributed by atoms with Gasteiger partial charge in [0.05, 0.1) is 32.5 Å². The molecule has 1 atom stereocenters. The highest BCUT2D eigenvalue weighted by Gasteiger charge is 2.27. The van der Waals surface area contributed by atoms with Gasteiger partial charge in [-0.2, -0.15) is 0 Å². The van der Waals surface area contributed by atoms with E-state index in [4.69, 9.17) is 9.15 Å². The Morgan fingerprint density at radius 2 is 1.95 bits per heavy atom. The van der Waals surface area contributed by atoms with Gasteiger partial charge in [0.2, 0.25) is 0 Å². The third kappa shape index (κ3) is 5.46. The smallest absolute Gasteiger partial charge is 0.252 e. The van der Waals surface area contributed by atoms with Crippen molar-refractivity contribution in [2.45, 2.75) is 45.9 Å². The molecule has 2 aromatic carbocycles. The van der Waals surface area contributed by atoms with Crippen LogP contribution in [0.5, 0.6) is 5.75 Å². The van der Waals surface area contributed by atoms with Gasteiger partial charge in [-0.15, -0.1) is 5.10 Å². The number of aryl methyl sites for hydroxylation is 1. The molecule has 3 heterocycles. The third-order valence-corrected chi connectivity index (χ3v) is 6.57. The molecule has 37 heavy (non-hydrogen) atoms. The second-order valence-corrected chi connectivity index (χ2v) is 9.17. The number of nitrogens with zero attached hydrogens (tertiary/aromatic N) is 5. The van der Waals surface area contributed by atoms with Crippen molar-refractivity contribution in [1.82, 2.24) is 30.1 Å². The van der Waals surface area contributed by atoms with Gasteiger partial charge in [-0.3, -0.25) is 9.69 Å². The van der Waals surface area contributed by atoms with E-state index < -0.39 is 0 Å². The van der Waals surface area contributed by atoms with Crippen LogP contribution in [-0.4, -0.2) is 37.2 Å². The number of hydrogen-bond donors (Lipinski definition) is 1. The number of aromatic nitrogens is 5. The maximum absolute atomic E-state index is 13.1. The number of pyridine rings is 1. The van der Waals surface area contributed by atoms with E-state index in [1.54, 1.807) is 13.4 Å². The maximum atomic E-state index is 13.1. The zero-order chi connectivity index (χ0) is 25.8. The molecule has 9 heteroatoms. The minimum Gasteiger partial charge on any atom is -0.497 e. The minimum atomic E-state index is -0.147. The van der Waals surface area contributed by atoms with E-state index in [1.807, 2.05) is 72.3 Å². The quantitative estimate of drug-likeness (QED) is 0.300. The molecule has 5 rings (SSSR count). The highest BCUT2D eigenvalue weighted by molar-refractivity contribution is 5.79. The topological polar surface area (TPSA) is 102 Å². The Bertz CT molecular complexity index is 1520. The fraction of sp³-hybridized carbons (Fsp3) is 0.286. The molecular formula is C28H30N6O3. The van der Waals surface area contributed by atoms with Gasteiger partial charge in [-0.25, -0.2) is 4.68 Å². The molecule has 0 saturated heterocycles. The molecule has 3 aromatic heterocycles. The molecule has 0 spiro atoms. The highest BCUT2D eigenvalue weighted by Crippen LogP contribution is 2.27. The summed E-state index contributed by atoms with van der Waals surface area (Å²) in [7, 11) is 1.65. The average Bonchev–Trinajstić information content (AvgIpc) is 3.58. The zero-order valence-corrected chi connectivity index (χ0v) is 21.2. The number of benzene rings is 2. The molecule has 0 aliphatic rings. The number of ether oxygens (including phenoxy) is 1. The van der Waals surface area contributed by atoms with Gasteiger partial charge in [0, 0.05) is 17.6 Å². The molecule has 5 aromatic rings. The summed E-state index contributed by atoms with van der Waals surface area (Å²) < 4.78 is 12.8. The molecule has 0 radical (unpaired) electrons. The van der Waals surface area contributed by atoms with Gasteiger partial charge in [0.25, 0.3) is 5.56 Å². The third-order valence-electron chi connectivity index (χ3n) is 6.57. The molecule has 1 N–H and O–H groups in total. The Labute approximate surface area is 214 Å². The number of methoxy groups -OCH3 is 1. The second-order valence-electron chi connectivity index (χ2n) is 9.17. The summed E-state index contributed by atoms with van der Waals surface area (Å²) in [5, 5.41) is 13.7. The second kappa shape index (κ2) is 10.8. The summed E-state index contributed by atoms with van der Waals surface area (Å²) in [6.07, 6.45) is 2.40. The first-order valence-electron chi connectivity index (χ1n) is 12.3. The normalized spacial score (nSPS) is 12.3. The lowest BCUT2D eigenvalue weighted by Gasteiger charge is -2.29. The molecule has 9 nitrogen and oxygen atoms in total. The van der Waals surface area contributed by atoms with E-state index in [2.05, 4.69) is 32.3 Å². The summed E-state index contributed by atoms with van der Waals surface area (Å²) in [6.45, 7) is 5.55. The monoisotopic (exact) mass is 498 g/mol. The Morgan fingerprint density at radius 3 is 2.68 bits per heavy atom. The summed E-state index contributed by atoms with van der Waals surface area (Å²) >= 11 is 0. The highest BCUT2D eigenvalue weighted by atomic mass is 16.5. The van der Waals surface area contributed by atoms with Crippen molar-refractivity contribution in [1.29, 1.82) is 0 Å². The Kier molecular flexibility index (Phi) is 7.14. The van der Waals surface area contributed by atoms with E-state index >= 15 is 0 Å². The number of tetrazole rings is 1. The first kappa shape index (κ1) is 24.5. The van der Waals surface area contributed by atoms with E-state index in [1.165, 1.54) is 0 Å². The number of furan rings is 1. The molecule has 0 aliphatic carbocycles. The Balaban J connectivity index is 1.48. The SMILES string of the molecule is CC[C@@H](c1nnnn1Cc1ccc(OC)cc1)N(Cc1ccco1)Cc1cc2ccc(C)cc2[nH]c1=O. The largest absolute Gasteiger partial charge is 0.497 e. The first-order valence-corrected chi connectivity index (χ1v) is 12.3. The predicted octanol–water partition coefficient (Wildman–Crippen LogP) is 4.63. The van der Waals surface area contributed by atoms with Crippen molar-refractivity contribution >= 4 is 10.9 Å². The summed E-state index contributed by atoms with van der Waals surface area (Å²) in [6, 6.07) is 19.6. The summed E-state index contributed by atoms with van der Waals surface area (Å²) in [4.78, 5) is 18.3. The van der Waals surface area contributed by atoms with Gasteiger partial charge >= 0.3 is 0 Å². The maximum Gasteiger partial charge on any atom is 0.252 e. The summed E-state index contributed by atoms with van der Waals surface area (Å²) in [5.74, 6) is 2.34. The van der Waals surface area contributed by atoms with Crippen LogP contribution in [0.3, 0.4) is 0 Å². The van der Waals surface area contributed by atoms with Crippen LogP contribution in [0.15, 0.2) is 76.1 Å². The van der Waals surface area contributed by atoms with Gasteiger partial charge in [-0.05, 0) is 76.7 Å². The number of H-pyrrole nitrogens is 1. The zero-order valence-electron chi connectivity index (χ0n) is 21.2. The van der Waals surface area contributed by atoms with Crippen LogP contribution in [0.4, 0.5) is 0 Å². The van der Waals surface area contributed by atoms with Gasteiger partial charge < -0.3 is 14.1 Å². The lowest BCUT2D eigenvalue weighted by atomic mass is 10.1. The minimum absolute atomic E-state index is 0.102. The van der Waals surface area contributed by atoms with E-state index in [0.717, 1.165) is 45.8 Å². The molecule has 0 saturated carbocycles. The van der Waals surface area contributed by atoms with Crippen LogP contribution in [0, 0.1) is 6.92 Å². The lowest BCUT2D eigenvalue weighted by Crippen LogP contribution is -2.32. The molecule has 0 bridgehead atoms. The number of hydrogen-bond acceptors (Lipinski definition) is 7. The van der Waals surface area contributed by atoms with Crippen molar-refractivity contribution in [3.05, 3.63) is 106 Å². The van der Waals surface area contributed by atoms with E-state index in [0.29, 0.717) is 25.2 Å². The van der Waals surface area contributed by atoms with Gasteiger partial charge in [0.15, 0.2) is 5.82 Å². The van der Waals surface area contributed by atoms with Crippen molar-refractivity contribution in [2.75, 3.05) is 7.11 Å². The Hall–Kier alpha value is -4.24. The van der Waals surface area contributed by atoms with Crippen LogP contribution >= 0.6 is 0 Å². The fourth-order valence-corrected chi connectivity index (χ4v) is 4.65. The number of aromatic amines is 1. The number of rotatable bonds is 10. The predicted molar refractivity (Wildman–Crippen MR) is 140 cm³/mol. The van der Waals surface area contributed by atoms with Crippen molar-refractivity contribution in [3.63, 3.8) is 0 Å². The van der Waals surface area contributed by atoms with E-state index in [9.17, 15) is 4.79 Å². The molecule has 0 fully saturated rings. The van der Waals surface area contributed by atoms with Crippen molar-refractivity contribution < 1.29 is 9.15 Å². The molecule has 0 unspecified atom stereocenters. The van der Waals surface area contributed by atoms with Gasteiger partial charge in [0.1, 0.15) is 11.5 Å². The lowest BCUT2D eigenvalue weighted by molar-refractivity contribution is 0.149. The van der Waals surface area contributed by atoms with Crippen LogP contribution < -0.4 is 10.3 Å². The molecule has 0 amide bonds.